The number of halogens is 2. The Kier molecular flexibility index (Phi) is 5.65. The molecule has 0 spiro atoms. The van der Waals surface area contributed by atoms with Gasteiger partial charge in [-0.3, -0.25) is 0 Å². The molecule has 0 saturated heterocycles. The van der Waals surface area contributed by atoms with E-state index in [0.29, 0.717) is 5.56 Å². The van der Waals surface area contributed by atoms with E-state index in [2.05, 4.69) is 19.9 Å². The molecule has 2 atom stereocenters. The second-order valence-corrected chi connectivity index (χ2v) is 8.70. The molecule has 0 fully saturated rings. The van der Waals surface area contributed by atoms with Crippen LogP contribution in [0.5, 0.6) is 0 Å². The molecule has 0 amide bonds. The van der Waals surface area contributed by atoms with Gasteiger partial charge in [0.1, 0.15) is 11.9 Å². The summed E-state index contributed by atoms with van der Waals surface area (Å²) in [4.78, 5) is 15.3. The molecule has 0 aliphatic rings. The summed E-state index contributed by atoms with van der Waals surface area (Å²) in [6.45, 7) is 5.15. The molecule has 0 radical (unpaired) electrons. The Morgan fingerprint density at radius 3 is 2.59 bits per heavy atom. The van der Waals surface area contributed by atoms with Crippen LogP contribution in [0.1, 0.15) is 41.5 Å². The second-order valence-electron chi connectivity index (χ2n) is 6.70. The molecule has 0 aliphatic heterocycles. The van der Waals surface area contributed by atoms with Gasteiger partial charge in [-0.15, -0.1) is 5.10 Å². The summed E-state index contributed by atoms with van der Waals surface area (Å²) in [5.41, 5.74) is 1.76. The molecule has 156 valence electrons. The van der Waals surface area contributed by atoms with E-state index in [-0.39, 0.29) is 21.8 Å². The lowest BCUT2D eigenvalue weighted by Gasteiger charge is -2.24. The average Bonchev–Trinajstić information content (AvgIpc) is 3.22. The Hall–Kier alpha value is -2.50. The van der Waals surface area contributed by atoms with Crippen LogP contribution < -0.4 is 10.5 Å². The minimum atomic E-state index is -4.19. The average molecular weight is 444 g/mol. The molecule has 0 aliphatic carbocycles. The fraction of sp³-hybridized carbons (Fsp3) is 0.353. The lowest BCUT2D eigenvalue weighted by molar-refractivity contribution is 0.376. The first kappa shape index (κ1) is 21.2. The highest BCUT2D eigenvalue weighted by Gasteiger charge is 2.34. The van der Waals surface area contributed by atoms with Crippen LogP contribution in [0.4, 0.5) is 4.39 Å². The minimum absolute atomic E-state index is 0.0261. The van der Waals surface area contributed by atoms with Crippen molar-refractivity contribution in [2.45, 2.75) is 37.8 Å². The van der Waals surface area contributed by atoms with E-state index in [4.69, 9.17) is 16.0 Å². The number of nitrogens with zero attached hydrogens (tertiary/aromatic N) is 3. The van der Waals surface area contributed by atoms with Gasteiger partial charge in [0, 0.05) is 19.2 Å². The van der Waals surface area contributed by atoms with E-state index in [9.17, 15) is 17.6 Å². The molecule has 29 heavy (non-hydrogen) atoms. The number of benzene rings is 1. The van der Waals surface area contributed by atoms with Crippen molar-refractivity contribution in [2.75, 3.05) is 0 Å². The molecule has 2 N–H and O–H groups in total. The van der Waals surface area contributed by atoms with Crippen molar-refractivity contribution >= 4 is 21.6 Å². The van der Waals surface area contributed by atoms with E-state index >= 15 is 0 Å². The van der Waals surface area contributed by atoms with Crippen LogP contribution >= 0.6 is 11.6 Å². The number of rotatable bonds is 6. The summed E-state index contributed by atoms with van der Waals surface area (Å²) in [7, 11) is -2.66. The smallest absolute Gasteiger partial charge is 0.391 e. The van der Waals surface area contributed by atoms with Gasteiger partial charge in [0.2, 0.25) is 11.2 Å². The Balaban J connectivity index is 2.09. The van der Waals surface area contributed by atoms with Gasteiger partial charge in [-0.25, -0.2) is 27.7 Å². The summed E-state index contributed by atoms with van der Waals surface area (Å²) in [6.07, 6.45) is 1.23. The summed E-state index contributed by atoms with van der Waals surface area (Å²) in [5.74, 6) is -2.37. The lowest BCUT2D eigenvalue weighted by atomic mass is 9.88. The lowest BCUT2D eigenvalue weighted by Crippen LogP contribution is -2.33. The van der Waals surface area contributed by atoms with Crippen molar-refractivity contribution in [3.63, 3.8) is 0 Å². The van der Waals surface area contributed by atoms with Crippen molar-refractivity contribution in [1.82, 2.24) is 24.5 Å². The molecular weight excluding hydrogens is 425 g/mol. The Bertz CT molecular complexity index is 1200. The minimum Gasteiger partial charge on any atom is -0.391 e. The van der Waals surface area contributed by atoms with Gasteiger partial charge in [-0.1, -0.05) is 13.0 Å². The zero-order chi connectivity index (χ0) is 21.5. The van der Waals surface area contributed by atoms with E-state index < -0.39 is 33.6 Å². The zero-order valence-corrected chi connectivity index (χ0v) is 17.6. The Labute approximate surface area is 171 Å². The number of sulfonamides is 1. The normalized spacial score (nSPS) is 14.1. The van der Waals surface area contributed by atoms with Gasteiger partial charge in [0.15, 0.2) is 5.03 Å². The number of nitrogens with one attached hydrogen (secondary N) is 2. The summed E-state index contributed by atoms with van der Waals surface area (Å²) in [6, 6.07) is 1.75. The molecule has 9 nitrogen and oxygen atoms in total. The van der Waals surface area contributed by atoms with Gasteiger partial charge in [-0.05, 0) is 48.2 Å². The predicted molar refractivity (Wildman–Crippen MR) is 103 cm³/mol. The third-order valence-electron chi connectivity index (χ3n) is 4.76. The number of hydrogen-bond donors (Lipinski definition) is 2. The first-order valence-electron chi connectivity index (χ1n) is 8.53. The van der Waals surface area contributed by atoms with Gasteiger partial charge in [0.25, 0.3) is 10.0 Å². The monoisotopic (exact) mass is 443 g/mol. The predicted octanol–water partition coefficient (Wildman–Crippen LogP) is 2.33. The number of H-pyrrole nitrogens is 1. The van der Waals surface area contributed by atoms with Crippen molar-refractivity contribution in [1.29, 1.82) is 0 Å². The van der Waals surface area contributed by atoms with Crippen molar-refractivity contribution < 1.29 is 17.2 Å². The molecule has 2 aromatic heterocycles. The summed E-state index contributed by atoms with van der Waals surface area (Å²) < 4.78 is 49.1. The van der Waals surface area contributed by atoms with Gasteiger partial charge in [0.05, 0.1) is 0 Å². The van der Waals surface area contributed by atoms with Gasteiger partial charge >= 0.3 is 5.76 Å². The number of hydrogen-bond acceptors (Lipinski definition) is 6. The van der Waals surface area contributed by atoms with Crippen molar-refractivity contribution in [2.24, 2.45) is 7.05 Å². The highest BCUT2D eigenvalue weighted by molar-refractivity contribution is 7.89. The van der Waals surface area contributed by atoms with E-state index in [1.807, 2.05) is 6.92 Å². The molecule has 0 unspecified atom stereocenters. The largest absolute Gasteiger partial charge is 0.434 e. The van der Waals surface area contributed by atoms with E-state index in [0.717, 1.165) is 5.56 Å². The van der Waals surface area contributed by atoms with Crippen LogP contribution in [-0.4, -0.2) is 28.2 Å². The number of imidazole rings is 1. The Morgan fingerprint density at radius 1 is 1.34 bits per heavy atom. The molecule has 1 aromatic carbocycles. The molecule has 3 aromatic rings. The van der Waals surface area contributed by atoms with Crippen LogP contribution in [0.15, 0.2) is 32.6 Å². The maximum absolute atomic E-state index is 14.6. The molecular formula is C17H19ClFN5O4S. The first-order chi connectivity index (χ1) is 13.5. The maximum atomic E-state index is 14.6. The van der Waals surface area contributed by atoms with Crippen molar-refractivity contribution in [3.05, 3.63) is 62.6 Å². The standard InChI is InChI=1S/C17H19ClFN5O4S/c1-8-5-6-11(19)13(9(8)2)10(3)14(15-21-22-17(25)28-15)23-29(26,27)12-7-24(4)16(18)20-12/h5-7,10,14,23H,1-4H3,(H,22,25)/t10-,14+/m1/s1. The number of aryl methyl sites for hydroxylation is 2. The number of aromatic amines is 1. The molecule has 0 saturated carbocycles. The van der Waals surface area contributed by atoms with Crippen LogP contribution in [0.2, 0.25) is 5.28 Å². The SMILES string of the molecule is Cc1ccc(F)c([C@@H](C)[C@H](NS(=O)(=O)c2cn(C)c(Cl)n2)c2n[nH]c(=O)o2)c1C. The quantitative estimate of drug-likeness (QED) is 0.602. The van der Waals surface area contributed by atoms with E-state index in [1.54, 1.807) is 19.9 Å². The summed E-state index contributed by atoms with van der Waals surface area (Å²) >= 11 is 5.84. The fourth-order valence-corrected chi connectivity index (χ4v) is 4.50. The van der Waals surface area contributed by atoms with E-state index in [1.165, 1.54) is 23.9 Å². The molecule has 12 heteroatoms. The molecule has 2 heterocycles. The molecule has 3 rings (SSSR count). The van der Waals surface area contributed by atoms with Crippen molar-refractivity contribution in [3.8, 4) is 0 Å². The first-order valence-corrected chi connectivity index (χ1v) is 10.4. The summed E-state index contributed by atoms with van der Waals surface area (Å²) in [5, 5.41) is 5.47. The van der Waals surface area contributed by atoms with Gasteiger partial charge < -0.3 is 8.98 Å². The van der Waals surface area contributed by atoms with Crippen LogP contribution in [-0.2, 0) is 17.1 Å². The number of aromatic nitrogens is 4. The highest BCUT2D eigenvalue weighted by Crippen LogP contribution is 2.35. The fourth-order valence-electron chi connectivity index (χ4n) is 3.05. The van der Waals surface area contributed by atoms with Crippen LogP contribution in [0.25, 0.3) is 0 Å². The van der Waals surface area contributed by atoms with Gasteiger partial charge in [-0.2, -0.15) is 4.72 Å². The highest BCUT2D eigenvalue weighted by atomic mass is 35.5. The Morgan fingerprint density at radius 2 is 2.03 bits per heavy atom. The molecule has 0 bridgehead atoms. The zero-order valence-electron chi connectivity index (χ0n) is 16.0. The third-order valence-corrected chi connectivity index (χ3v) is 6.43. The second kappa shape index (κ2) is 7.73. The topological polar surface area (TPSA) is 123 Å². The maximum Gasteiger partial charge on any atom is 0.434 e. The van der Waals surface area contributed by atoms with Crippen LogP contribution in [0.3, 0.4) is 0 Å². The van der Waals surface area contributed by atoms with Crippen LogP contribution in [0, 0.1) is 19.7 Å². The third kappa shape index (κ3) is 4.11.